The molecule has 0 bridgehead atoms. The summed E-state index contributed by atoms with van der Waals surface area (Å²) in [6.45, 7) is 7.53. The lowest BCUT2D eigenvalue weighted by Gasteiger charge is -2.39. The predicted octanol–water partition coefficient (Wildman–Crippen LogP) is 5.35. The predicted molar refractivity (Wildman–Crippen MR) is 135 cm³/mol. The average Bonchev–Trinajstić information content (AvgIpc) is 2.72. The number of rotatable bonds is 9. The Bertz CT molecular complexity index is 797. The van der Waals surface area contributed by atoms with Crippen molar-refractivity contribution in [2.75, 3.05) is 38.1 Å². The average molecular weight is 487 g/mol. The van der Waals surface area contributed by atoms with Gasteiger partial charge in [0.25, 0.3) is 0 Å². The highest BCUT2D eigenvalue weighted by molar-refractivity contribution is 5.85. The molecule has 2 aromatic carbocycles. The fourth-order valence-corrected chi connectivity index (χ4v) is 3.98. The highest BCUT2D eigenvalue weighted by Gasteiger charge is 2.32. The fourth-order valence-electron chi connectivity index (χ4n) is 3.98. The van der Waals surface area contributed by atoms with Crippen LogP contribution < -0.4 is 9.64 Å². The van der Waals surface area contributed by atoms with E-state index in [1.807, 2.05) is 32.0 Å². The molecule has 0 atom stereocenters. The minimum absolute atomic E-state index is 0. The molecule has 0 radical (unpaired) electrons. The molecule has 1 heterocycles. The number of likely N-dealkylation sites (tertiary alicyclic amines) is 1. The molecule has 0 aromatic heterocycles. The van der Waals surface area contributed by atoms with Gasteiger partial charge in [-0.1, -0.05) is 12.1 Å². The van der Waals surface area contributed by atoms with Crippen molar-refractivity contribution in [1.82, 2.24) is 4.90 Å². The van der Waals surface area contributed by atoms with E-state index in [9.17, 15) is 9.50 Å². The van der Waals surface area contributed by atoms with Gasteiger partial charge in [0, 0.05) is 38.9 Å². The van der Waals surface area contributed by atoms with Gasteiger partial charge in [0.2, 0.25) is 0 Å². The minimum Gasteiger partial charge on any atom is -0.491 e. The summed E-state index contributed by atoms with van der Waals surface area (Å²) in [7, 11) is 2.07. The first-order valence-electron chi connectivity index (χ1n) is 11.0. The number of nitrogens with zero attached hydrogens (tertiary/aromatic N) is 2. The van der Waals surface area contributed by atoms with Gasteiger partial charge in [-0.2, -0.15) is 0 Å². The van der Waals surface area contributed by atoms with Gasteiger partial charge < -0.3 is 19.6 Å². The van der Waals surface area contributed by atoms with Crippen LogP contribution in [0.15, 0.2) is 48.5 Å². The zero-order valence-corrected chi connectivity index (χ0v) is 20.9. The third-order valence-corrected chi connectivity index (χ3v) is 5.95. The summed E-state index contributed by atoms with van der Waals surface area (Å²) in [6, 6.07) is 15.0. The largest absolute Gasteiger partial charge is 0.491 e. The van der Waals surface area contributed by atoms with Crippen LogP contribution in [0.1, 0.15) is 38.7 Å². The SMILES string of the molecule is CC(C)Oc1ccc(N(C)CCC2(O)CCN(CCc3cccc(F)c3)CC2)cc1.Cl.Cl. The van der Waals surface area contributed by atoms with Crippen molar-refractivity contribution in [3.63, 3.8) is 0 Å². The molecule has 7 heteroatoms. The lowest BCUT2D eigenvalue weighted by molar-refractivity contribution is -0.0254. The molecule has 3 rings (SSSR count). The molecule has 0 unspecified atom stereocenters. The number of ether oxygens (including phenoxy) is 1. The third-order valence-electron chi connectivity index (χ3n) is 5.95. The third kappa shape index (κ3) is 8.78. The van der Waals surface area contributed by atoms with Crippen molar-refractivity contribution >= 4 is 30.5 Å². The minimum atomic E-state index is -0.607. The molecule has 2 aromatic rings. The summed E-state index contributed by atoms with van der Waals surface area (Å²) < 4.78 is 19.0. The van der Waals surface area contributed by atoms with Crippen molar-refractivity contribution < 1.29 is 14.2 Å². The van der Waals surface area contributed by atoms with Crippen molar-refractivity contribution in [2.45, 2.75) is 51.2 Å². The lowest BCUT2D eigenvalue weighted by Crippen LogP contribution is -2.46. The molecule has 4 nitrogen and oxygen atoms in total. The van der Waals surface area contributed by atoms with Crippen molar-refractivity contribution in [3.05, 3.63) is 59.9 Å². The zero-order valence-electron chi connectivity index (χ0n) is 19.3. The van der Waals surface area contributed by atoms with Gasteiger partial charge >= 0.3 is 0 Å². The summed E-state index contributed by atoms with van der Waals surface area (Å²) in [5.74, 6) is 0.707. The molecule has 1 aliphatic rings. The quantitative estimate of drug-likeness (QED) is 0.517. The Morgan fingerprint density at radius 3 is 2.34 bits per heavy atom. The molecule has 1 saturated heterocycles. The molecule has 1 fully saturated rings. The number of hydrogen-bond donors (Lipinski definition) is 1. The Hall–Kier alpha value is -1.53. The molecule has 0 amide bonds. The summed E-state index contributed by atoms with van der Waals surface area (Å²) in [5.41, 5.74) is 1.55. The maximum atomic E-state index is 13.3. The summed E-state index contributed by atoms with van der Waals surface area (Å²) in [6.07, 6.45) is 3.33. The number of halogens is 3. The van der Waals surface area contributed by atoms with Crippen LogP contribution in [0.5, 0.6) is 5.75 Å². The van der Waals surface area contributed by atoms with Crippen molar-refractivity contribution in [3.8, 4) is 5.75 Å². The Labute approximate surface area is 204 Å². The smallest absolute Gasteiger partial charge is 0.123 e. The van der Waals surface area contributed by atoms with E-state index in [4.69, 9.17) is 4.74 Å². The van der Waals surface area contributed by atoms with Crippen LogP contribution in [-0.4, -0.2) is 54.9 Å². The first-order valence-corrected chi connectivity index (χ1v) is 11.0. The van der Waals surface area contributed by atoms with E-state index in [1.165, 1.54) is 6.07 Å². The molecule has 32 heavy (non-hydrogen) atoms. The van der Waals surface area contributed by atoms with Gasteiger partial charge in [0.15, 0.2) is 0 Å². The molecule has 180 valence electrons. The molecule has 0 saturated carbocycles. The highest BCUT2D eigenvalue weighted by Crippen LogP contribution is 2.27. The van der Waals surface area contributed by atoms with E-state index < -0.39 is 5.60 Å². The van der Waals surface area contributed by atoms with Crippen LogP contribution in [-0.2, 0) is 6.42 Å². The summed E-state index contributed by atoms with van der Waals surface area (Å²) >= 11 is 0. The van der Waals surface area contributed by atoms with E-state index in [0.717, 1.165) is 68.9 Å². The standard InChI is InChI=1S/C25H35FN2O2.2ClH/c1-20(2)30-24-9-7-23(8-10-24)27(3)16-12-25(29)13-17-28(18-14-25)15-11-21-5-4-6-22(26)19-21;;/h4-10,19-20,29H,11-18H2,1-3H3;2*1H. The Morgan fingerprint density at radius 2 is 1.75 bits per heavy atom. The van der Waals surface area contributed by atoms with E-state index in [0.29, 0.717) is 0 Å². The van der Waals surface area contributed by atoms with Crippen molar-refractivity contribution in [2.24, 2.45) is 0 Å². The van der Waals surface area contributed by atoms with E-state index in [1.54, 1.807) is 12.1 Å². The highest BCUT2D eigenvalue weighted by atomic mass is 35.5. The number of benzene rings is 2. The van der Waals surface area contributed by atoms with Gasteiger partial charge in [-0.05, 0) is 81.5 Å². The van der Waals surface area contributed by atoms with Crippen LogP contribution in [0.25, 0.3) is 0 Å². The van der Waals surface area contributed by atoms with Crippen LogP contribution >= 0.6 is 24.8 Å². The van der Waals surface area contributed by atoms with Gasteiger partial charge in [0.05, 0.1) is 11.7 Å². The molecule has 0 aliphatic carbocycles. The maximum absolute atomic E-state index is 13.3. The monoisotopic (exact) mass is 486 g/mol. The molecular weight excluding hydrogens is 450 g/mol. The number of anilines is 1. The zero-order chi connectivity index (χ0) is 21.6. The Kier molecular flexibility index (Phi) is 11.8. The maximum Gasteiger partial charge on any atom is 0.123 e. The van der Waals surface area contributed by atoms with Gasteiger partial charge in [-0.3, -0.25) is 0 Å². The topological polar surface area (TPSA) is 35.9 Å². The number of aliphatic hydroxyl groups is 1. The van der Waals surface area contributed by atoms with E-state index in [-0.39, 0.29) is 36.7 Å². The van der Waals surface area contributed by atoms with Crippen molar-refractivity contribution in [1.29, 1.82) is 0 Å². The normalized spacial score (nSPS) is 15.6. The number of hydrogen-bond acceptors (Lipinski definition) is 4. The van der Waals surface area contributed by atoms with Gasteiger partial charge in [-0.15, -0.1) is 24.8 Å². The number of piperidine rings is 1. The summed E-state index contributed by atoms with van der Waals surface area (Å²) in [5, 5.41) is 11.0. The molecule has 1 N–H and O–H groups in total. The second kappa shape index (κ2) is 13.2. The van der Waals surface area contributed by atoms with E-state index >= 15 is 0 Å². The lowest BCUT2D eigenvalue weighted by atomic mass is 9.88. The molecule has 0 spiro atoms. The fraction of sp³-hybridized carbons (Fsp3) is 0.520. The van der Waals surface area contributed by atoms with Crippen LogP contribution in [0, 0.1) is 5.82 Å². The first kappa shape index (κ1) is 28.5. The Balaban J connectivity index is 0.00000256. The Morgan fingerprint density at radius 1 is 1.09 bits per heavy atom. The van der Waals surface area contributed by atoms with Gasteiger partial charge in [-0.25, -0.2) is 4.39 Å². The van der Waals surface area contributed by atoms with Crippen LogP contribution in [0.4, 0.5) is 10.1 Å². The summed E-state index contributed by atoms with van der Waals surface area (Å²) in [4.78, 5) is 4.56. The second-order valence-corrected chi connectivity index (χ2v) is 8.78. The van der Waals surface area contributed by atoms with Crippen LogP contribution in [0.2, 0.25) is 0 Å². The molecular formula is C25H37Cl2FN2O2. The van der Waals surface area contributed by atoms with Gasteiger partial charge in [0.1, 0.15) is 11.6 Å². The van der Waals surface area contributed by atoms with Crippen LogP contribution in [0.3, 0.4) is 0 Å². The first-order chi connectivity index (χ1) is 14.3. The molecule has 1 aliphatic heterocycles. The van der Waals surface area contributed by atoms with E-state index in [2.05, 4.69) is 29.0 Å². The second-order valence-electron chi connectivity index (χ2n) is 8.78.